The Morgan fingerprint density at radius 2 is 1.90 bits per heavy atom. The Labute approximate surface area is 178 Å². The molecule has 0 radical (unpaired) electrons. The number of hydrogen-bond acceptors (Lipinski definition) is 4. The van der Waals surface area contributed by atoms with E-state index >= 15 is 0 Å². The normalized spacial score (nSPS) is 14.2. The molecule has 1 heterocycles. The average Bonchev–Trinajstić information content (AvgIpc) is 2.71. The predicted octanol–water partition coefficient (Wildman–Crippen LogP) is 5.99. The number of fused-ring (bicyclic) bond motifs is 1. The molecule has 0 aromatic heterocycles. The zero-order valence-corrected chi connectivity index (χ0v) is 18.2. The molecule has 156 valence electrons. The number of aromatic hydroxyl groups is 1. The van der Waals surface area contributed by atoms with E-state index < -0.39 is 5.60 Å². The molecule has 0 unspecified atom stereocenters. The second-order valence-electron chi connectivity index (χ2n) is 8.17. The van der Waals surface area contributed by atoms with Crippen LogP contribution in [0.5, 0.6) is 17.2 Å². The Hall–Kier alpha value is -3.27. The SMILES string of the molecule is COc1ccc(/C=C/C(=O)c2cc(CC=C(C)C)c3c(c2O)C=CC(C)(C)O3)cc1. The molecule has 1 N–H and O–H groups in total. The summed E-state index contributed by atoms with van der Waals surface area (Å²) in [5.41, 5.74) is 3.27. The number of phenols is 1. The van der Waals surface area contributed by atoms with E-state index in [0.29, 0.717) is 17.7 Å². The lowest BCUT2D eigenvalue weighted by Crippen LogP contribution is -2.28. The topological polar surface area (TPSA) is 55.8 Å². The van der Waals surface area contributed by atoms with Crippen LogP contribution in [-0.2, 0) is 6.42 Å². The van der Waals surface area contributed by atoms with Gasteiger partial charge in [0.25, 0.3) is 0 Å². The highest BCUT2D eigenvalue weighted by atomic mass is 16.5. The van der Waals surface area contributed by atoms with Crippen LogP contribution in [0.1, 0.15) is 54.7 Å². The summed E-state index contributed by atoms with van der Waals surface area (Å²) < 4.78 is 11.3. The number of carbonyl (C=O) groups excluding carboxylic acids is 1. The number of benzene rings is 2. The smallest absolute Gasteiger partial charge is 0.189 e. The number of hydrogen-bond donors (Lipinski definition) is 1. The number of allylic oxidation sites excluding steroid dienone is 3. The summed E-state index contributed by atoms with van der Waals surface area (Å²) in [6, 6.07) is 9.15. The molecule has 0 saturated heterocycles. The molecule has 0 bridgehead atoms. The maximum Gasteiger partial charge on any atom is 0.189 e. The number of ketones is 1. The van der Waals surface area contributed by atoms with E-state index in [4.69, 9.17) is 9.47 Å². The van der Waals surface area contributed by atoms with Gasteiger partial charge in [-0.1, -0.05) is 29.9 Å². The van der Waals surface area contributed by atoms with Gasteiger partial charge >= 0.3 is 0 Å². The first-order valence-electron chi connectivity index (χ1n) is 9.97. The number of ether oxygens (including phenoxy) is 2. The van der Waals surface area contributed by atoms with Crippen molar-refractivity contribution >= 4 is 17.9 Å². The van der Waals surface area contributed by atoms with E-state index in [0.717, 1.165) is 16.9 Å². The monoisotopic (exact) mass is 404 g/mol. The molecular weight excluding hydrogens is 376 g/mol. The minimum Gasteiger partial charge on any atom is -0.506 e. The number of carbonyl (C=O) groups is 1. The summed E-state index contributed by atoms with van der Waals surface area (Å²) in [7, 11) is 1.61. The van der Waals surface area contributed by atoms with E-state index in [1.54, 1.807) is 19.3 Å². The summed E-state index contributed by atoms with van der Waals surface area (Å²) >= 11 is 0. The summed E-state index contributed by atoms with van der Waals surface area (Å²) in [5.74, 6) is 1.07. The second-order valence-corrected chi connectivity index (χ2v) is 8.17. The van der Waals surface area contributed by atoms with Crippen LogP contribution in [0.25, 0.3) is 12.2 Å². The van der Waals surface area contributed by atoms with Crippen LogP contribution in [0, 0.1) is 0 Å². The van der Waals surface area contributed by atoms with Crippen LogP contribution in [0.3, 0.4) is 0 Å². The molecule has 30 heavy (non-hydrogen) atoms. The van der Waals surface area contributed by atoms with Crippen LogP contribution in [0.15, 0.2) is 54.1 Å². The largest absolute Gasteiger partial charge is 0.506 e. The van der Waals surface area contributed by atoms with Crippen LogP contribution in [-0.4, -0.2) is 23.6 Å². The van der Waals surface area contributed by atoms with Crippen LogP contribution >= 0.6 is 0 Å². The van der Waals surface area contributed by atoms with Gasteiger partial charge < -0.3 is 14.6 Å². The van der Waals surface area contributed by atoms with Gasteiger partial charge in [0.1, 0.15) is 22.8 Å². The van der Waals surface area contributed by atoms with Crippen molar-refractivity contribution in [1.29, 1.82) is 0 Å². The van der Waals surface area contributed by atoms with Crippen LogP contribution in [0.2, 0.25) is 0 Å². The molecule has 3 rings (SSSR count). The highest BCUT2D eigenvalue weighted by Crippen LogP contribution is 2.42. The fourth-order valence-corrected chi connectivity index (χ4v) is 3.22. The first-order chi connectivity index (χ1) is 14.2. The second kappa shape index (κ2) is 8.62. The van der Waals surface area contributed by atoms with Gasteiger partial charge in [-0.2, -0.15) is 0 Å². The van der Waals surface area contributed by atoms with Crippen molar-refractivity contribution in [2.24, 2.45) is 0 Å². The van der Waals surface area contributed by atoms with E-state index in [1.165, 1.54) is 11.6 Å². The third kappa shape index (κ3) is 4.82. The lowest BCUT2D eigenvalue weighted by molar-refractivity contribution is 0.104. The molecule has 4 nitrogen and oxygen atoms in total. The Bertz CT molecular complexity index is 1030. The van der Waals surface area contributed by atoms with E-state index in [2.05, 4.69) is 6.08 Å². The van der Waals surface area contributed by atoms with E-state index in [1.807, 2.05) is 64.1 Å². The molecule has 0 fully saturated rings. The summed E-state index contributed by atoms with van der Waals surface area (Å²) in [6.45, 7) is 7.98. The van der Waals surface area contributed by atoms with Gasteiger partial charge in [0.05, 0.1) is 18.2 Å². The molecule has 1 aliphatic heterocycles. The van der Waals surface area contributed by atoms with Gasteiger partial charge in [-0.25, -0.2) is 0 Å². The lowest BCUT2D eigenvalue weighted by Gasteiger charge is -2.30. The Kier molecular flexibility index (Phi) is 6.16. The highest BCUT2D eigenvalue weighted by molar-refractivity contribution is 6.09. The Morgan fingerprint density at radius 3 is 2.53 bits per heavy atom. The fraction of sp³-hybridized carbons (Fsp3) is 0.269. The van der Waals surface area contributed by atoms with Gasteiger partial charge in [0.2, 0.25) is 0 Å². The fourth-order valence-electron chi connectivity index (χ4n) is 3.22. The highest BCUT2D eigenvalue weighted by Gasteiger charge is 2.28. The average molecular weight is 405 g/mol. The van der Waals surface area contributed by atoms with Gasteiger partial charge in [-0.05, 0) is 81.7 Å². The third-order valence-electron chi connectivity index (χ3n) is 4.92. The van der Waals surface area contributed by atoms with Crippen LogP contribution < -0.4 is 9.47 Å². The standard InChI is InChI=1S/C26H28O4/c1-17(2)6-10-19-16-22(24(28)21-14-15-26(3,4)30-25(19)21)23(27)13-9-18-7-11-20(29-5)12-8-18/h6-9,11-16,28H,10H2,1-5H3/b13-9+. The molecule has 2 aromatic rings. The first-order valence-corrected chi connectivity index (χ1v) is 9.97. The van der Waals surface area contributed by atoms with Gasteiger partial charge in [0.15, 0.2) is 5.78 Å². The van der Waals surface area contributed by atoms with Crippen molar-refractivity contribution in [2.75, 3.05) is 7.11 Å². The Balaban J connectivity index is 1.99. The molecule has 0 atom stereocenters. The van der Waals surface area contributed by atoms with Gasteiger partial charge in [-0.3, -0.25) is 4.79 Å². The maximum absolute atomic E-state index is 12.9. The molecule has 2 aromatic carbocycles. The molecule has 0 amide bonds. The van der Waals surface area contributed by atoms with Crippen molar-refractivity contribution in [1.82, 2.24) is 0 Å². The number of rotatable bonds is 6. The molecule has 0 spiro atoms. The van der Waals surface area contributed by atoms with Crippen molar-refractivity contribution < 1.29 is 19.4 Å². The van der Waals surface area contributed by atoms with Crippen molar-refractivity contribution in [3.63, 3.8) is 0 Å². The molecular formula is C26H28O4. The number of phenolic OH excluding ortho intramolecular Hbond substituents is 1. The van der Waals surface area contributed by atoms with Gasteiger partial charge in [0, 0.05) is 0 Å². The first kappa shape index (κ1) is 21.4. The van der Waals surface area contributed by atoms with Crippen molar-refractivity contribution in [2.45, 2.75) is 39.7 Å². The van der Waals surface area contributed by atoms with Crippen molar-refractivity contribution in [3.8, 4) is 17.2 Å². The molecule has 1 aliphatic rings. The minimum absolute atomic E-state index is 0.0536. The maximum atomic E-state index is 12.9. The Morgan fingerprint density at radius 1 is 1.20 bits per heavy atom. The predicted molar refractivity (Wildman–Crippen MR) is 121 cm³/mol. The zero-order chi connectivity index (χ0) is 21.9. The zero-order valence-electron chi connectivity index (χ0n) is 18.2. The quantitative estimate of drug-likeness (QED) is 0.365. The van der Waals surface area contributed by atoms with E-state index in [9.17, 15) is 9.90 Å². The summed E-state index contributed by atoms with van der Waals surface area (Å²) in [4.78, 5) is 12.9. The van der Waals surface area contributed by atoms with Crippen molar-refractivity contribution in [3.05, 3.63) is 76.4 Å². The summed E-state index contributed by atoms with van der Waals surface area (Å²) in [6.07, 6.45) is 9.64. The van der Waals surface area contributed by atoms with Gasteiger partial charge in [-0.15, -0.1) is 0 Å². The summed E-state index contributed by atoms with van der Waals surface area (Å²) in [5, 5.41) is 10.8. The molecule has 0 aliphatic carbocycles. The number of methoxy groups -OCH3 is 1. The molecule has 4 heteroatoms. The molecule has 0 saturated carbocycles. The third-order valence-corrected chi connectivity index (χ3v) is 4.92. The lowest BCUT2D eigenvalue weighted by atomic mass is 9.93. The van der Waals surface area contributed by atoms with E-state index in [-0.39, 0.29) is 17.1 Å². The van der Waals surface area contributed by atoms with Crippen LogP contribution in [0.4, 0.5) is 0 Å². The minimum atomic E-state index is -0.473.